The SMILES string of the molecule is COc1ccc(C(CN)C(=O)O)cc1C. The molecule has 0 heterocycles. The van der Waals surface area contributed by atoms with Gasteiger partial charge in [-0.2, -0.15) is 0 Å². The predicted octanol–water partition coefficient (Wildman–Crippen LogP) is 1.13. The molecule has 1 rings (SSSR count). The van der Waals surface area contributed by atoms with E-state index in [2.05, 4.69) is 0 Å². The highest BCUT2D eigenvalue weighted by molar-refractivity contribution is 5.76. The Kier molecular flexibility index (Phi) is 3.68. The number of carboxylic acid groups (broad SMARTS) is 1. The molecule has 0 aliphatic heterocycles. The molecule has 0 saturated carbocycles. The Morgan fingerprint density at radius 2 is 2.27 bits per heavy atom. The first kappa shape index (κ1) is 11.5. The molecule has 0 aliphatic carbocycles. The summed E-state index contributed by atoms with van der Waals surface area (Å²) in [6.45, 7) is 1.97. The van der Waals surface area contributed by atoms with Gasteiger partial charge in [0.2, 0.25) is 0 Å². The van der Waals surface area contributed by atoms with Crippen LogP contribution in [0, 0.1) is 6.92 Å². The number of carboxylic acids is 1. The molecule has 1 atom stereocenters. The first-order chi connectivity index (χ1) is 7.10. The van der Waals surface area contributed by atoms with E-state index in [1.807, 2.05) is 6.92 Å². The number of methoxy groups -OCH3 is 1. The largest absolute Gasteiger partial charge is 0.496 e. The lowest BCUT2D eigenvalue weighted by atomic mass is 9.97. The van der Waals surface area contributed by atoms with E-state index in [4.69, 9.17) is 15.6 Å². The maximum atomic E-state index is 10.9. The van der Waals surface area contributed by atoms with Crippen LogP contribution in [0.3, 0.4) is 0 Å². The molecular weight excluding hydrogens is 194 g/mol. The monoisotopic (exact) mass is 209 g/mol. The average molecular weight is 209 g/mol. The molecule has 1 unspecified atom stereocenters. The van der Waals surface area contributed by atoms with Crippen molar-refractivity contribution < 1.29 is 14.6 Å². The molecule has 0 spiro atoms. The Labute approximate surface area is 88.7 Å². The summed E-state index contributed by atoms with van der Waals surface area (Å²) < 4.78 is 5.10. The lowest BCUT2D eigenvalue weighted by Gasteiger charge is -2.12. The van der Waals surface area contributed by atoms with Crippen molar-refractivity contribution in [1.82, 2.24) is 0 Å². The van der Waals surface area contributed by atoms with Crippen molar-refractivity contribution in [2.24, 2.45) is 5.73 Å². The van der Waals surface area contributed by atoms with Gasteiger partial charge in [-0.25, -0.2) is 0 Å². The normalized spacial score (nSPS) is 12.2. The van der Waals surface area contributed by atoms with E-state index in [-0.39, 0.29) is 6.54 Å². The van der Waals surface area contributed by atoms with Crippen LogP contribution in [0.4, 0.5) is 0 Å². The van der Waals surface area contributed by atoms with Gasteiger partial charge >= 0.3 is 5.97 Å². The highest BCUT2D eigenvalue weighted by atomic mass is 16.5. The van der Waals surface area contributed by atoms with E-state index in [0.717, 1.165) is 11.3 Å². The molecular formula is C11H15NO3. The zero-order chi connectivity index (χ0) is 11.4. The third-order valence-electron chi connectivity index (χ3n) is 2.36. The van der Waals surface area contributed by atoms with Gasteiger partial charge in [0, 0.05) is 6.54 Å². The second-order valence-electron chi connectivity index (χ2n) is 3.36. The molecule has 0 saturated heterocycles. The summed E-state index contributed by atoms with van der Waals surface area (Å²) in [4.78, 5) is 10.9. The van der Waals surface area contributed by atoms with E-state index in [1.54, 1.807) is 25.3 Å². The van der Waals surface area contributed by atoms with E-state index < -0.39 is 11.9 Å². The first-order valence-corrected chi connectivity index (χ1v) is 4.67. The number of carbonyl (C=O) groups is 1. The highest BCUT2D eigenvalue weighted by Gasteiger charge is 2.18. The summed E-state index contributed by atoms with van der Waals surface area (Å²) in [7, 11) is 1.58. The molecule has 0 radical (unpaired) electrons. The highest BCUT2D eigenvalue weighted by Crippen LogP contribution is 2.23. The van der Waals surface area contributed by atoms with Gasteiger partial charge in [-0.15, -0.1) is 0 Å². The van der Waals surface area contributed by atoms with Gasteiger partial charge in [0.05, 0.1) is 13.0 Å². The first-order valence-electron chi connectivity index (χ1n) is 4.67. The zero-order valence-electron chi connectivity index (χ0n) is 8.86. The number of rotatable bonds is 4. The fraction of sp³-hybridized carbons (Fsp3) is 0.364. The minimum absolute atomic E-state index is 0.0983. The van der Waals surface area contributed by atoms with Crippen LogP contribution in [0.2, 0.25) is 0 Å². The molecule has 0 amide bonds. The fourth-order valence-electron chi connectivity index (χ4n) is 1.50. The van der Waals surface area contributed by atoms with Gasteiger partial charge in [0.25, 0.3) is 0 Å². The minimum atomic E-state index is -0.901. The quantitative estimate of drug-likeness (QED) is 0.779. The maximum Gasteiger partial charge on any atom is 0.312 e. The second-order valence-corrected chi connectivity index (χ2v) is 3.36. The van der Waals surface area contributed by atoms with E-state index >= 15 is 0 Å². The van der Waals surface area contributed by atoms with Crippen molar-refractivity contribution in [3.05, 3.63) is 29.3 Å². The molecule has 4 nitrogen and oxygen atoms in total. The van der Waals surface area contributed by atoms with Crippen LogP contribution in [0.5, 0.6) is 5.75 Å². The smallest absolute Gasteiger partial charge is 0.312 e. The second kappa shape index (κ2) is 4.79. The molecule has 15 heavy (non-hydrogen) atoms. The van der Waals surface area contributed by atoms with Crippen LogP contribution in [0.1, 0.15) is 17.0 Å². The van der Waals surface area contributed by atoms with Gasteiger partial charge in [0.15, 0.2) is 0 Å². The standard InChI is InChI=1S/C11H15NO3/c1-7-5-8(3-4-10(7)15-2)9(6-12)11(13)14/h3-5,9H,6,12H2,1-2H3,(H,13,14). The Hall–Kier alpha value is -1.55. The summed E-state index contributed by atoms with van der Waals surface area (Å²) in [6.07, 6.45) is 0. The molecule has 0 aromatic heterocycles. The van der Waals surface area contributed by atoms with Crippen molar-refractivity contribution in [1.29, 1.82) is 0 Å². The Balaban J connectivity index is 3.05. The molecule has 0 bridgehead atoms. The van der Waals surface area contributed by atoms with E-state index in [1.165, 1.54) is 0 Å². The number of hydrogen-bond donors (Lipinski definition) is 2. The van der Waals surface area contributed by atoms with Crippen molar-refractivity contribution >= 4 is 5.97 Å². The van der Waals surface area contributed by atoms with Gasteiger partial charge in [0.1, 0.15) is 5.75 Å². The lowest BCUT2D eigenvalue weighted by molar-refractivity contribution is -0.138. The average Bonchev–Trinajstić information content (AvgIpc) is 2.18. The molecule has 82 valence electrons. The lowest BCUT2D eigenvalue weighted by Crippen LogP contribution is -2.21. The number of nitrogens with two attached hydrogens (primary N) is 1. The number of aliphatic carboxylic acids is 1. The Morgan fingerprint density at radius 1 is 1.60 bits per heavy atom. The predicted molar refractivity (Wildman–Crippen MR) is 57.2 cm³/mol. The summed E-state index contributed by atoms with van der Waals surface area (Å²) >= 11 is 0. The molecule has 3 N–H and O–H groups in total. The zero-order valence-corrected chi connectivity index (χ0v) is 8.86. The summed E-state index contributed by atoms with van der Waals surface area (Å²) in [5, 5.41) is 8.93. The Morgan fingerprint density at radius 3 is 2.67 bits per heavy atom. The summed E-state index contributed by atoms with van der Waals surface area (Å²) in [5.41, 5.74) is 7.04. The number of benzene rings is 1. The van der Waals surface area contributed by atoms with E-state index in [9.17, 15) is 4.79 Å². The minimum Gasteiger partial charge on any atom is -0.496 e. The van der Waals surface area contributed by atoms with Crippen molar-refractivity contribution in [2.45, 2.75) is 12.8 Å². The van der Waals surface area contributed by atoms with Crippen LogP contribution < -0.4 is 10.5 Å². The molecule has 1 aromatic carbocycles. The number of hydrogen-bond acceptors (Lipinski definition) is 3. The van der Waals surface area contributed by atoms with Crippen LogP contribution in [-0.4, -0.2) is 24.7 Å². The number of ether oxygens (including phenoxy) is 1. The van der Waals surface area contributed by atoms with Gasteiger partial charge in [-0.1, -0.05) is 12.1 Å². The van der Waals surface area contributed by atoms with Gasteiger partial charge < -0.3 is 15.6 Å². The van der Waals surface area contributed by atoms with Crippen LogP contribution in [0.25, 0.3) is 0 Å². The molecule has 0 fully saturated rings. The topological polar surface area (TPSA) is 72.5 Å². The van der Waals surface area contributed by atoms with Crippen LogP contribution in [0.15, 0.2) is 18.2 Å². The van der Waals surface area contributed by atoms with Gasteiger partial charge in [-0.3, -0.25) is 4.79 Å². The third kappa shape index (κ3) is 2.47. The third-order valence-corrected chi connectivity index (χ3v) is 2.36. The molecule has 0 aliphatic rings. The van der Waals surface area contributed by atoms with Crippen molar-refractivity contribution in [3.8, 4) is 5.75 Å². The molecule has 1 aromatic rings. The summed E-state index contributed by atoms with van der Waals surface area (Å²) in [5.74, 6) is -0.795. The Bertz CT molecular complexity index is 363. The summed E-state index contributed by atoms with van der Waals surface area (Å²) in [6, 6.07) is 5.29. The van der Waals surface area contributed by atoms with Gasteiger partial charge in [-0.05, 0) is 24.1 Å². The van der Waals surface area contributed by atoms with Crippen LogP contribution in [-0.2, 0) is 4.79 Å². The maximum absolute atomic E-state index is 10.9. The fourth-order valence-corrected chi connectivity index (χ4v) is 1.50. The van der Waals surface area contributed by atoms with Crippen molar-refractivity contribution in [3.63, 3.8) is 0 Å². The number of aryl methyl sites for hydroxylation is 1. The van der Waals surface area contributed by atoms with E-state index in [0.29, 0.717) is 5.56 Å². The van der Waals surface area contributed by atoms with Crippen LogP contribution >= 0.6 is 0 Å². The molecule has 4 heteroatoms. The van der Waals surface area contributed by atoms with Crippen molar-refractivity contribution in [2.75, 3.05) is 13.7 Å².